The lowest BCUT2D eigenvalue weighted by Crippen LogP contribution is -2.34. The van der Waals surface area contributed by atoms with Crippen LogP contribution in [0.1, 0.15) is 36.4 Å². The van der Waals surface area contributed by atoms with Gasteiger partial charge in [0.25, 0.3) is 0 Å². The Hall–Kier alpha value is -3.23. The van der Waals surface area contributed by atoms with Crippen LogP contribution in [0, 0.1) is 5.92 Å². The molecule has 0 saturated heterocycles. The van der Waals surface area contributed by atoms with E-state index in [2.05, 4.69) is 10.6 Å². The summed E-state index contributed by atoms with van der Waals surface area (Å²) in [7, 11) is 0. The minimum Gasteiger partial charge on any atom is -0.486 e. The van der Waals surface area contributed by atoms with Crippen molar-refractivity contribution >= 4 is 11.8 Å². The van der Waals surface area contributed by atoms with Gasteiger partial charge in [-0.3, -0.25) is 0 Å². The number of hydrogen-bond acceptors (Lipinski definition) is 8. The van der Waals surface area contributed by atoms with Gasteiger partial charge in [-0.15, -0.1) is 0 Å². The van der Waals surface area contributed by atoms with Crippen LogP contribution in [-0.2, 0) is 0 Å². The third kappa shape index (κ3) is 3.99. The lowest BCUT2D eigenvalue weighted by Gasteiger charge is -2.32. The Morgan fingerprint density at radius 2 is 1.56 bits per heavy atom. The molecule has 32 heavy (non-hydrogen) atoms. The summed E-state index contributed by atoms with van der Waals surface area (Å²) in [5.74, 6) is 2.57. The number of hydrogen-bond donors (Lipinski definition) is 3. The summed E-state index contributed by atoms with van der Waals surface area (Å²) in [5, 5.41) is 23.6. The topological polar surface area (TPSA) is 102 Å². The van der Waals surface area contributed by atoms with Crippen LogP contribution in [0.2, 0.25) is 0 Å². The van der Waals surface area contributed by atoms with E-state index < -0.39 is 6.04 Å². The Bertz CT molecular complexity index is 1050. The third-order valence-electron chi connectivity index (χ3n) is 6.12. The van der Waals surface area contributed by atoms with E-state index in [1.807, 2.05) is 42.5 Å². The summed E-state index contributed by atoms with van der Waals surface area (Å²) >= 11 is 0. The van der Waals surface area contributed by atoms with Gasteiger partial charge in [0, 0.05) is 5.92 Å². The maximum absolute atomic E-state index is 10.0. The van der Waals surface area contributed by atoms with Crippen LogP contribution in [0.25, 0.3) is 6.08 Å². The van der Waals surface area contributed by atoms with E-state index in [0.29, 0.717) is 49.4 Å². The molecular weight excluding hydrogens is 412 g/mol. The van der Waals surface area contributed by atoms with Crippen LogP contribution in [0.4, 0.5) is 0 Å². The molecule has 2 aromatic rings. The monoisotopic (exact) mass is 438 g/mol. The van der Waals surface area contributed by atoms with Gasteiger partial charge in [-0.05, 0) is 66.3 Å². The zero-order chi connectivity index (χ0) is 21.9. The lowest BCUT2D eigenvalue weighted by molar-refractivity contribution is 0.106. The molecule has 0 aromatic heterocycles. The maximum Gasteiger partial charge on any atom is 0.161 e. The highest BCUT2D eigenvalue weighted by atomic mass is 16.6. The average Bonchev–Trinajstić information content (AvgIpc) is 2.84. The summed E-state index contributed by atoms with van der Waals surface area (Å²) in [6.45, 7) is 2.08. The van der Waals surface area contributed by atoms with E-state index in [-0.39, 0.29) is 5.92 Å². The van der Waals surface area contributed by atoms with E-state index >= 15 is 0 Å². The van der Waals surface area contributed by atoms with Gasteiger partial charge >= 0.3 is 0 Å². The van der Waals surface area contributed by atoms with E-state index in [1.54, 1.807) is 0 Å². The molecule has 3 N–H and O–H groups in total. The third-order valence-corrected chi connectivity index (χ3v) is 6.12. The molecule has 0 radical (unpaired) electrons. The molecule has 2 aromatic carbocycles. The van der Waals surface area contributed by atoms with Gasteiger partial charge in [0.2, 0.25) is 0 Å². The molecular formula is C24H26N2O6. The maximum atomic E-state index is 10.0. The van der Waals surface area contributed by atoms with Crippen molar-refractivity contribution in [1.29, 1.82) is 0 Å². The molecule has 0 amide bonds. The highest BCUT2D eigenvalue weighted by molar-refractivity contribution is 6.06. The number of fused-ring (bicyclic) bond motifs is 2. The predicted octanol–water partition coefficient (Wildman–Crippen LogP) is 3.96. The van der Waals surface area contributed by atoms with Crippen LogP contribution in [0.3, 0.4) is 0 Å². The van der Waals surface area contributed by atoms with Crippen LogP contribution in [-0.4, -0.2) is 42.6 Å². The zero-order valence-electron chi connectivity index (χ0n) is 17.6. The van der Waals surface area contributed by atoms with E-state index in [4.69, 9.17) is 18.9 Å². The Balaban J connectivity index is 1.43. The fraction of sp³-hybridized carbons (Fsp3) is 0.375. The second-order valence-corrected chi connectivity index (χ2v) is 8.07. The van der Waals surface area contributed by atoms with Crippen molar-refractivity contribution in [1.82, 2.24) is 5.48 Å². The number of benzene rings is 2. The first-order valence-corrected chi connectivity index (χ1v) is 10.9. The smallest absolute Gasteiger partial charge is 0.161 e. The lowest BCUT2D eigenvalue weighted by atomic mass is 9.77. The molecule has 2 aliphatic heterocycles. The van der Waals surface area contributed by atoms with Crippen molar-refractivity contribution in [3.63, 3.8) is 0 Å². The fourth-order valence-electron chi connectivity index (χ4n) is 4.63. The van der Waals surface area contributed by atoms with Crippen molar-refractivity contribution < 1.29 is 29.4 Å². The quantitative estimate of drug-likeness (QED) is 0.491. The number of nitrogens with zero attached hydrogens (tertiary/aromatic N) is 1. The Morgan fingerprint density at radius 3 is 2.25 bits per heavy atom. The van der Waals surface area contributed by atoms with Gasteiger partial charge in [-0.2, -0.15) is 5.48 Å². The summed E-state index contributed by atoms with van der Waals surface area (Å²) in [5.41, 5.74) is 5.70. The molecule has 168 valence electrons. The minimum atomic E-state index is -0.458. The first-order chi connectivity index (χ1) is 15.8. The fourth-order valence-corrected chi connectivity index (χ4v) is 4.63. The number of allylic oxidation sites excluding steroid dienone is 1. The van der Waals surface area contributed by atoms with Gasteiger partial charge < -0.3 is 29.4 Å². The van der Waals surface area contributed by atoms with Crippen LogP contribution in [0.15, 0.2) is 47.1 Å². The molecule has 2 atom stereocenters. The molecule has 1 saturated carbocycles. The van der Waals surface area contributed by atoms with E-state index in [0.717, 1.165) is 41.7 Å². The molecule has 3 aliphatic rings. The number of hydroxylamine groups is 1. The highest BCUT2D eigenvalue weighted by Crippen LogP contribution is 2.40. The molecule has 1 aliphatic carbocycles. The van der Waals surface area contributed by atoms with Crippen LogP contribution < -0.4 is 24.4 Å². The second-order valence-electron chi connectivity index (χ2n) is 8.07. The number of oxime groups is 1. The van der Waals surface area contributed by atoms with Gasteiger partial charge in [-0.25, -0.2) is 0 Å². The first-order valence-electron chi connectivity index (χ1n) is 10.9. The molecule has 8 nitrogen and oxygen atoms in total. The predicted molar refractivity (Wildman–Crippen MR) is 117 cm³/mol. The second kappa shape index (κ2) is 9.10. The Morgan fingerprint density at radius 1 is 0.906 bits per heavy atom. The molecule has 2 heterocycles. The van der Waals surface area contributed by atoms with E-state index in [9.17, 15) is 10.4 Å². The molecule has 5 rings (SSSR count). The molecule has 2 unspecified atom stereocenters. The van der Waals surface area contributed by atoms with Gasteiger partial charge in [0.15, 0.2) is 23.0 Å². The molecule has 1 fully saturated rings. The Kier molecular flexibility index (Phi) is 5.87. The molecule has 8 heteroatoms. The SMILES string of the molecule is O/N=C1/C(=C/c2ccc3c(c2)OCCO3)CCCC1C(NO)c1ccc2c(c1)OCCO2. The normalized spacial score (nSPS) is 23.2. The summed E-state index contributed by atoms with van der Waals surface area (Å²) in [4.78, 5) is 0. The van der Waals surface area contributed by atoms with Crippen molar-refractivity contribution in [2.24, 2.45) is 11.1 Å². The average molecular weight is 438 g/mol. The van der Waals surface area contributed by atoms with Crippen LogP contribution >= 0.6 is 0 Å². The largest absolute Gasteiger partial charge is 0.486 e. The van der Waals surface area contributed by atoms with Crippen LogP contribution in [0.5, 0.6) is 23.0 Å². The zero-order valence-corrected chi connectivity index (χ0v) is 17.6. The van der Waals surface area contributed by atoms with Gasteiger partial charge in [0.1, 0.15) is 26.4 Å². The molecule has 0 spiro atoms. The van der Waals surface area contributed by atoms with Gasteiger partial charge in [0.05, 0.1) is 11.8 Å². The Labute approximate surface area is 186 Å². The van der Waals surface area contributed by atoms with Crippen molar-refractivity contribution in [2.45, 2.75) is 25.3 Å². The summed E-state index contributed by atoms with van der Waals surface area (Å²) in [6, 6.07) is 10.9. The van der Waals surface area contributed by atoms with Crippen molar-refractivity contribution in [2.75, 3.05) is 26.4 Å². The number of nitrogens with one attached hydrogen (secondary N) is 1. The first kappa shape index (κ1) is 20.7. The van der Waals surface area contributed by atoms with Gasteiger partial charge in [-0.1, -0.05) is 17.3 Å². The summed E-state index contributed by atoms with van der Waals surface area (Å²) in [6.07, 6.45) is 4.47. The standard InChI is InChI=1S/C24H26N2O6/c27-25-23-16(12-15-4-6-19-21(13-15)31-10-8-29-19)2-1-3-18(23)24(26-28)17-5-7-20-22(14-17)32-11-9-30-20/h4-7,12-14,18,24,26-28H,1-3,8-11H2/b16-12+,25-23-. The number of rotatable bonds is 4. The number of ether oxygens (including phenoxy) is 4. The van der Waals surface area contributed by atoms with Crippen molar-refractivity contribution in [3.05, 3.63) is 53.1 Å². The molecule has 0 bridgehead atoms. The highest BCUT2D eigenvalue weighted by Gasteiger charge is 2.33. The van der Waals surface area contributed by atoms with Crippen molar-refractivity contribution in [3.8, 4) is 23.0 Å². The van der Waals surface area contributed by atoms with E-state index in [1.165, 1.54) is 0 Å². The minimum absolute atomic E-state index is 0.218. The summed E-state index contributed by atoms with van der Waals surface area (Å²) < 4.78 is 22.6.